The third-order valence-electron chi connectivity index (χ3n) is 5.06. The fourth-order valence-corrected chi connectivity index (χ4v) is 4.54. The topological polar surface area (TPSA) is 59.6 Å². The number of aromatic nitrogens is 3. The highest BCUT2D eigenvalue weighted by molar-refractivity contribution is 7.17. The normalized spacial score (nSPS) is 17.1. The Morgan fingerprint density at radius 2 is 2.16 bits per heavy atom. The predicted molar refractivity (Wildman–Crippen MR) is 97.3 cm³/mol. The molecule has 0 radical (unpaired) electrons. The molecular weight excluding hydrogens is 336 g/mol. The first-order chi connectivity index (χ1) is 12.0. The Bertz CT molecular complexity index is 1030. The van der Waals surface area contributed by atoms with Crippen molar-refractivity contribution in [3.8, 4) is 0 Å². The molecule has 1 atom stereocenters. The first-order valence-electron chi connectivity index (χ1n) is 8.46. The van der Waals surface area contributed by atoms with Gasteiger partial charge in [-0.05, 0) is 32.4 Å². The number of rotatable bonds is 2. The summed E-state index contributed by atoms with van der Waals surface area (Å²) in [5, 5.41) is 0. The number of fused-ring (bicyclic) bond motifs is 2. The molecule has 6 nitrogen and oxygen atoms in total. The average Bonchev–Trinajstić information content (AvgIpc) is 3.19. The second-order valence-corrected chi connectivity index (χ2v) is 7.57. The highest BCUT2D eigenvalue weighted by Crippen LogP contribution is 2.29. The summed E-state index contributed by atoms with van der Waals surface area (Å²) in [5.41, 5.74) is 1.86. The molecule has 7 heteroatoms. The molecule has 0 bridgehead atoms. The van der Waals surface area contributed by atoms with Gasteiger partial charge in [0.25, 0.3) is 11.5 Å². The van der Waals surface area contributed by atoms with Crippen LogP contribution in [0, 0.1) is 13.8 Å². The van der Waals surface area contributed by atoms with Gasteiger partial charge in [-0.1, -0.05) is 6.92 Å². The minimum absolute atomic E-state index is 0.0124. The lowest BCUT2D eigenvalue weighted by Gasteiger charge is -2.36. The summed E-state index contributed by atoms with van der Waals surface area (Å²) < 4.78 is 3.74. The zero-order valence-corrected chi connectivity index (χ0v) is 15.3. The van der Waals surface area contributed by atoms with E-state index >= 15 is 0 Å². The number of thiazole rings is 1. The Hall–Kier alpha value is -2.41. The Morgan fingerprint density at radius 1 is 1.36 bits per heavy atom. The van der Waals surface area contributed by atoms with Gasteiger partial charge in [-0.15, -0.1) is 11.3 Å². The van der Waals surface area contributed by atoms with Gasteiger partial charge in [0.05, 0.1) is 6.04 Å². The maximum Gasteiger partial charge on any atom is 0.271 e. The quantitative estimate of drug-likeness (QED) is 0.709. The van der Waals surface area contributed by atoms with Crippen LogP contribution in [-0.4, -0.2) is 31.3 Å². The van der Waals surface area contributed by atoms with Gasteiger partial charge in [-0.3, -0.25) is 14.0 Å². The smallest absolute Gasteiger partial charge is 0.271 e. The number of hydrogen-bond acceptors (Lipinski definition) is 4. The average molecular weight is 356 g/mol. The minimum atomic E-state index is -0.271. The lowest BCUT2D eigenvalue weighted by molar-refractivity contribution is 0.0615. The Kier molecular flexibility index (Phi) is 3.76. The summed E-state index contributed by atoms with van der Waals surface area (Å²) in [6.45, 7) is 7.26. The molecule has 0 N–H and O–H groups in total. The summed E-state index contributed by atoms with van der Waals surface area (Å²) in [6.07, 6.45) is 4.29. The van der Waals surface area contributed by atoms with Crippen LogP contribution in [0.3, 0.4) is 0 Å². The van der Waals surface area contributed by atoms with Gasteiger partial charge < -0.3 is 9.47 Å². The zero-order chi connectivity index (χ0) is 17.7. The van der Waals surface area contributed by atoms with Crippen molar-refractivity contribution < 1.29 is 4.79 Å². The third kappa shape index (κ3) is 2.33. The van der Waals surface area contributed by atoms with Crippen molar-refractivity contribution >= 4 is 22.2 Å². The molecule has 4 rings (SSSR count). The first-order valence-corrected chi connectivity index (χ1v) is 9.28. The molecular formula is C18H20N4O2S. The van der Waals surface area contributed by atoms with Gasteiger partial charge in [0.1, 0.15) is 5.56 Å². The Morgan fingerprint density at radius 3 is 2.92 bits per heavy atom. The van der Waals surface area contributed by atoms with Crippen molar-refractivity contribution in [2.45, 2.75) is 39.8 Å². The molecule has 0 saturated heterocycles. The molecule has 130 valence electrons. The summed E-state index contributed by atoms with van der Waals surface area (Å²) in [7, 11) is 0. The van der Waals surface area contributed by atoms with Crippen LogP contribution in [0.5, 0.6) is 0 Å². The molecule has 4 heterocycles. The van der Waals surface area contributed by atoms with Gasteiger partial charge in [-0.2, -0.15) is 0 Å². The highest BCUT2D eigenvalue weighted by atomic mass is 32.1. The fourth-order valence-electron chi connectivity index (χ4n) is 3.61. The largest absolute Gasteiger partial charge is 0.348 e. The van der Waals surface area contributed by atoms with E-state index in [2.05, 4.69) is 16.5 Å². The van der Waals surface area contributed by atoms with E-state index in [-0.39, 0.29) is 23.1 Å². The van der Waals surface area contributed by atoms with Gasteiger partial charge >= 0.3 is 0 Å². The van der Waals surface area contributed by atoms with Crippen LogP contribution in [0.2, 0.25) is 0 Å². The third-order valence-corrected chi connectivity index (χ3v) is 6.13. The summed E-state index contributed by atoms with van der Waals surface area (Å²) in [5.74, 6) is -0.227. The molecule has 0 spiro atoms. The summed E-state index contributed by atoms with van der Waals surface area (Å²) in [4.78, 5) is 33.9. The van der Waals surface area contributed by atoms with Crippen molar-refractivity contribution in [2.75, 3.05) is 6.54 Å². The van der Waals surface area contributed by atoms with Crippen LogP contribution in [0.25, 0.3) is 4.96 Å². The van der Waals surface area contributed by atoms with Crippen molar-refractivity contribution in [3.05, 3.63) is 56.7 Å². The van der Waals surface area contributed by atoms with Gasteiger partial charge in [0.2, 0.25) is 0 Å². The number of amides is 1. The molecule has 3 aromatic heterocycles. The van der Waals surface area contributed by atoms with Crippen molar-refractivity contribution in [1.82, 2.24) is 18.9 Å². The van der Waals surface area contributed by atoms with Crippen LogP contribution >= 0.6 is 11.3 Å². The Labute approximate surface area is 149 Å². The van der Waals surface area contributed by atoms with E-state index in [1.54, 1.807) is 4.40 Å². The number of hydrogen-bond donors (Lipinski definition) is 0. The monoisotopic (exact) mass is 356 g/mol. The standard InChI is InChI=1S/C18H20N4O2S/c1-4-14-15-6-5-7-20(15)8-9-21(14)16(23)13-10-19-18-22(17(13)24)11(2)12(3)25-18/h5-7,10,14H,4,8-9H2,1-3H3/t14-/m1/s1. The van der Waals surface area contributed by atoms with Crippen LogP contribution in [-0.2, 0) is 6.54 Å². The maximum atomic E-state index is 13.2. The number of aryl methyl sites for hydroxylation is 2. The highest BCUT2D eigenvalue weighted by Gasteiger charge is 2.32. The second-order valence-electron chi connectivity index (χ2n) is 6.39. The van der Waals surface area contributed by atoms with Crippen LogP contribution in [0.15, 0.2) is 29.3 Å². The summed E-state index contributed by atoms with van der Waals surface area (Å²) in [6, 6.07) is 4.04. The molecule has 0 saturated carbocycles. The van der Waals surface area contributed by atoms with Gasteiger partial charge in [0.15, 0.2) is 4.96 Å². The van der Waals surface area contributed by atoms with E-state index in [9.17, 15) is 9.59 Å². The molecule has 25 heavy (non-hydrogen) atoms. The first kappa shape index (κ1) is 16.1. The predicted octanol–water partition coefficient (Wildman–Crippen LogP) is 2.78. The van der Waals surface area contributed by atoms with E-state index in [1.807, 2.05) is 37.1 Å². The van der Waals surface area contributed by atoms with Crippen LogP contribution < -0.4 is 5.56 Å². The lowest BCUT2D eigenvalue weighted by Crippen LogP contribution is -2.43. The SMILES string of the molecule is CC[C@@H]1c2cccn2CCN1C(=O)c1cnc2sc(C)c(C)n2c1=O. The second kappa shape index (κ2) is 5.84. The van der Waals surface area contributed by atoms with Gasteiger partial charge in [-0.25, -0.2) is 4.98 Å². The minimum Gasteiger partial charge on any atom is -0.348 e. The van der Waals surface area contributed by atoms with E-state index in [4.69, 9.17) is 0 Å². The van der Waals surface area contributed by atoms with Gasteiger partial charge in [0, 0.05) is 41.7 Å². The summed E-state index contributed by atoms with van der Waals surface area (Å²) >= 11 is 1.47. The zero-order valence-electron chi connectivity index (χ0n) is 14.5. The molecule has 1 aliphatic heterocycles. The van der Waals surface area contributed by atoms with E-state index in [0.29, 0.717) is 11.5 Å². The molecule has 0 fully saturated rings. The van der Waals surface area contributed by atoms with E-state index in [1.165, 1.54) is 17.5 Å². The van der Waals surface area contributed by atoms with E-state index in [0.717, 1.165) is 29.2 Å². The number of nitrogens with zero attached hydrogens (tertiary/aromatic N) is 4. The number of carbonyl (C=O) groups is 1. The fraction of sp³-hybridized carbons (Fsp3) is 0.389. The maximum absolute atomic E-state index is 13.2. The molecule has 0 aromatic carbocycles. The lowest BCUT2D eigenvalue weighted by atomic mass is 10.1. The molecule has 0 aliphatic carbocycles. The molecule has 1 amide bonds. The van der Waals surface area contributed by atoms with Crippen molar-refractivity contribution in [1.29, 1.82) is 0 Å². The molecule has 3 aromatic rings. The number of carbonyl (C=O) groups excluding carboxylic acids is 1. The molecule has 1 aliphatic rings. The molecule has 0 unspecified atom stereocenters. The van der Waals surface area contributed by atoms with E-state index < -0.39 is 0 Å². The van der Waals surface area contributed by atoms with Crippen molar-refractivity contribution in [2.24, 2.45) is 0 Å². The van der Waals surface area contributed by atoms with Crippen LogP contribution in [0.1, 0.15) is 46.0 Å². The Balaban J connectivity index is 1.79. The van der Waals surface area contributed by atoms with Crippen molar-refractivity contribution in [3.63, 3.8) is 0 Å². The van der Waals surface area contributed by atoms with Crippen LogP contribution in [0.4, 0.5) is 0 Å².